The van der Waals surface area contributed by atoms with Crippen LogP contribution < -0.4 is 0 Å². The summed E-state index contributed by atoms with van der Waals surface area (Å²) in [7, 11) is 0. The molecule has 19 heavy (non-hydrogen) atoms. The van der Waals surface area contributed by atoms with Gasteiger partial charge in [-0.1, -0.05) is 20.8 Å². The Morgan fingerprint density at radius 3 is 1.84 bits per heavy atom. The third kappa shape index (κ3) is 2.32. The maximum atomic E-state index is 11.3. The summed E-state index contributed by atoms with van der Waals surface area (Å²) in [6, 6.07) is 0. The van der Waals surface area contributed by atoms with Crippen molar-refractivity contribution in [1.82, 2.24) is 0 Å². The van der Waals surface area contributed by atoms with Crippen molar-refractivity contribution < 1.29 is 9.90 Å². The van der Waals surface area contributed by atoms with Crippen molar-refractivity contribution in [2.24, 2.45) is 34.5 Å². The summed E-state index contributed by atoms with van der Waals surface area (Å²) in [5, 5.41) is 9.35. The highest BCUT2D eigenvalue weighted by Gasteiger charge is 2.56. The summed E-state index contributed by atoms with van der Waals surface area (Å²) in [6.45, 7) is 6.75. The smallest absolute Gasteiger partial charge is 0.303 e. The maximum absolute atomic E-state index is 11.3. The van der Waals surface area contributed by atoms with E-state index in [2.05, 4.69) is 20.8 Å². The molecule has 0 heterocycles. The topological polar surface area (TPSA) is 37.3 Å². The van der Waals surface area contributed by atoms with E-state index in [1.807, 2.05) is 0 Å². The molecule has 1 N–H and O–H groups in total. The van der Waals surface area contributed by atoms with Crippen molar-refractivity contribution in [2.75, 3.05) is 0 Å². The number of hydrogen-bond donors (Lipinski definition) is 1. The van der Waals surface area contributed by atoms with Gasteiger partial charge in [0.1, 0.15) is 0 Å². The van der Waals surface area contributed by atoms with Gasteiger partial charge in [0, 0.05) is 6.42 Å². The molecule has 0 spiro atoms. The first kappa shape index (κ1) is 13.5. The van der Waals surface area contributed by atoms with Crippen LogP contribution in [0.1, 0.15) is 65.7 Å². The van der Waals surface area contributed by atoms with E-state index in [1.165, 1.54) is 38.5 Å². The number of rotatable bonds is 3. The molecule has 4 bridgehead atoms. The van der Waals surface area contributed by atoms with Gasteiger partial charge in [0.05, 0.1) is 0 Å². The molecule has 4 aliphatic carbocycles. The summed E-state index contributed by atoms with van der Waals surface area (Å²) in [5.74, 6) is 2.47. The zero-order valence-corrected chi connectivity index (χ0v) is 12.6. The van der Waals surface area contributed by atoms with Crippen LogP contribution in [0.3, 0.4) is 0 Å². The summed E-state index contributed by atoms with van der Waals surface area (Å²) >= 11 is 0. The average Bonchev–Trinajstić information content (AvgIpc) is 2.22. The molecule has 2 nitrogen and oxygen atoms in total. The van der Waals surface area contributed by atoms with Crippen LogP contribution in [0, 0.1) is 34.5 Å². The van der Waals surface area contributed by atoms with Gasteiger partial charge in [0.25, 0.3) is 0 Å². The van der Waals surface area contributed by atoms with Crippen LogP contribution in [-0.2, 0) is 4.79 Å². The Morgan fingerprint density at radius 2 is 1.53 bits per heavy atom. The zero-order valence-electron chi connectivity index (χ0n) is 12.6. The fraction of sp³-hybridized carbons (Fsp3) is 0.941. The highest BCUT2D eigenvalue weighted by molar-refractivity contribution is 5.67. The van der Waals surface area contributed by atoms with Gasteiger partial charge in [-0.3, -0.25) is 4.79 Å². The molecule has 2 heteroatoms. The van der Waals surface area contributed by atoms with Gasteiger partial charge in [-0.2, -0.15) is 0 Å². The van der Waals surface area contributed by atoms with Gasteiger partial charge in [0.15, 0.2) is 0 Å². The lowest BCUT2D eigenvalue weighted by atomic mass is 9.43. The van der Waals surface area contributed by atoms with Crippen LogP contribution in [0.15, 0.2) is 0 Å². The zero-order chi connectivity index (χ0) is 13.8. The van der Waals surface area contributed by atoms with Crippen LogP contribution in [0.4, 0.5) is 0 Å². The molecule has 0 saturated heterocycles. The van der Waals surface area contributed by atoms with Crippen molar-refractivity contribution in [1.29, 1.82) is 0 Å². The second kappa shape index (κ2) is 4.23. The minimum absolute atomic E-state index is 0.115. The summed E-state index contributed by atoms with van der Waals surface area (Å²) in [5.41, 5.74) is 0.468. The van der Waals surface area contributed by atoms with Crippen LogP contribution in [0.25, 0.3) is 0 Å². The molecule has 108 valence electrons. The summed E-state index contributed by atoms with van der Waals surface area (Å²) in [6.07, 6.45) is 8.61. The van der Waals surface area contributed by atoms with Gasteiger partial charge >= 0.3 is 5.97 Å². The number of hydrogen-bond acceptors (Lipinski definition) is 1. The Hall–Kier alpha value is -0.530. The van der Waals surface area contributed by atoms with E-state index in [1.54, 1.807) is 0 Å². The molecular weight excluding hydrogens is 236 g/mol. The summed E-state index contributed by atoms with van der Waals surface area (Å²) < 4.78 is 0. The minimum Gasteiger partial charge on any atom is -0.481 e. The number of carboxylic acids is 1. The van der Waals surface area contributed by atoms with Crippen LogP contribution in [-0.4, -0.2) is 11.1 Å². The molecule has 0 amide bonds. The Balaban J connectivity index is 1.91. The largest absolute Gasteiger partial charge is 0.481 e. The first-order valence-electron chi connectivity index (χ1n) is 8.00. The predicted octanol–water partition coefficient (Wildman–Crippen LogP) is 4.34. The molecule has 4 aliphatic rings. The lowest BCUT2D eigenvalue weighted by molar-refractivity contribution is -0.150. The quantitative estimate of drug-likeness (QED) is 0.823. The minimum atomic E-state index is -0.601. The van der Waals surface area contributed by atoms with E-state index >= 15 is 0 Å². The third-order valence-corrected chi connectivity index (χ3v) is 6.25. The third-order valence-electron chi connectivity index (χ3n) is 6.25. The lowest BCUT2D eigenvalue weighted by Crippen LogP contribution is -2.52. The van der Waals surface area contributed by atoms with Crippen LogP contribution >= 0.6 is 0 Å². The molecule has 0 aliphatic heterocycles. The van der Waals surface area contributed by atoms with E-state index in [4.69, 9.17) is 0 Å². The monoisotopic (exact) mass is 264 g/mol. The average molecular weight is 264 g/mol. The van der Waals surface area contributed by atoms with Crippen molar-refractivity contribution >= 4 is 5.97 Å². The number of aliphatic carboxylic acids is 1. The van der Waals surface area contributed by atoms with Gasteiger partial charge in [0.2, 0.25) is 0 Å². The highest BCUT2D eigenvalue weighted by atomic mass is 16.4. The molecule has 0 aromatic carbocycles. The standard InChI is InChI=1S/C17H28O2/c1-16(2,3)14(7-15(18)19)17-8-11-4-12(9-17)6-13(5-11)10-17/h11-14H,4-10H2,1-3H3,(H,18,19). The first-order valence-corrected chi connectivity index (χ1v) is 8.00. The Kier molecular flexibility index (Phi) is 3.00. The van der Waals surface area contributed by atoms with E-state index in [0.717, 1.165) is 17.8 Å². The normalized spacial score (nSPS) is 42.4. The number of carbonyl (C=O) groups is 1. The molecule has 0 aromatic heterocycles. The molecule has 1 unspecified atom stereocenters. The fourth-order valence-electron chi connectivity index (χ4n) is 6.22. The fourth-order valence-corrected chi connectivity index (χ4v) is 6.22. The second-order valence-corrected chi connectivity index (χ2v) is 8.80. The Labute approximate surface area is 117 Å². The Bertz CT molecular complexity index is 342. The van der Waals surface area contributed by atoms with E-state index in [9.17, 15) is 9.90 Å². The van der Waals surface area contributed by atoms with E-state index in [0.29, 0.717) is 17.8 Å². The van der Waals surface area contributed by atoms with E-state index < -0.39 is 5.97 Å². The second-order valence-electron chi connectivity index (χ2n) is 8.80. The van der Waals surface area contributed by atoms with Gasteiger partial charge in [-0.25, -0.2) is 0 Å². The van der Waals surface area contributed by atoms with E-state index in [-0.39, 0.29) is 5.41 Å². The van der Waals surface area contributed by atoms with Crippen molar-refractivity contribution in [2.45, 2.75) is 65.7 Å². The van der Waals surface area contributed by atoms with Crippen molar-refractivity contribution in [3.63, 3.8) is 0 Å². The molecule has 0 radical (unpaired) electrons. The van der Waals surface area contributed by atoms with Crippen molar-refractivity contribution in [3.05, 3.63) is 0 Å². The van der Waals surface area contributed by atoms with Crippen molar-refractivity contribution in [3.8, 4) is 0 Å². The van der Waals surface area contributed by atoms with Gasteiger partial charge < -0.3 is 5.11 Å². The molecule has 4 rings (SSSR count). The van der Waals surface area contributed by atoms with Crippen LogP contribution in [0.5, 0.6) is 0 Å². The SMILES string of the molecule is CC(C)(C)C(CC(=O)O)C12CC3CC(CC(C3)C1)C2. The first-order chi connectivity index (χ1) is 8.78. The van der Waals surface area contributed by atoms with Crippen LogP contribution in [0.2, 0.25) is 0 Å². The molecule has 4 saturated carbocycles. The number of carboxylic acid groups (broad SMARTS) is 1. The molecule has 4 fully saturated rings. The molecular formula is C17H28O2. The maximum Gasteiger partial charge on any atom is 0.303 e. The van der Waals surface area contributed by atoms with Gasteiger partial charge in [-0.05, 0) is 73.0 Å². The predicted molar refractivity (Wildman–Crippen MR) is 75.8 cm³/mol. The summed E-state index contributed by atoms with van der Waals surface area (Å²) in [4.78, 5) is 11.3. The van der Waals surface area contributed by atoms with Gasteiger partial charge in [-0.15, -0.1) is 0 Å². The molecule has 0 aromatic rings. The Morgan fingerprint density at radius 1 is 1.11 bits per heavy atom. The molecule has 1 atom stereocenters. The highest BCUT2D eigenvalue weighted by Crippen LogP contribution is 2.65. The lowest BCUT2D eigenvalue weighted by Gasteiger charge is -2.61.